The van der Waals surface area contributed by atoms with Gasteiger partial charge < -0.3 is 40.5 Å². The summed E-state index contributed by atoms with van der Waals surface area (Å²) in [6.07, 6.45) is -8.65. The van der Waals surface area contributed by atoms with Gasteiger partial charge in [-0.2, -0.15) is 0 Å². The summed E-state index contributed by atoms with van der Waals surface area (Å²) in [5, 5.41) is 63.1. The van der Waals surface area contributed by atoms with Gasteiger partial charge in [0.05, 0.1) is 19.4 Å². The minimum atomic E-state index is -2.95. The molecule has 0 radical (unpaired) electrons. The molecule has 0 heterocycles. The quantitative estimate of drug-likeness (QED) is 0.176. The highest BCUT2D eigenvalue weighted by molar-refractivity contribution is 5.90. The fourth-order valence-corrected chi connectivity index (χ4v) is 1.50. The third-order valence-electron chi connectivity index (χ3n) is 2.89. The Morgan fingerprint density at radius 1 is 1.00 bits per heavy atom. The zero-order chi connectivity index (χ0) is 19.1. The zero-order valence-electron chi connectivity index (χ0n) is 12.2. The average molecular weight is 354 g/mol. The standard InChI is InChI=1S/C12H18O12/c13-3-5(14)9(19)10(20)6(15)4-24-8(18)2-12(23,11(21)22)1-7(16)17/h5,9-10,13-14,19-20,23H,1-4H2,(H,16,17)(H,21,22)/t5-,9+,10-,12?/m1/s1. The van der Waals surface area contributed by atoms with Crippen molar-refractivity contribution in [2.75, 3.05) is 13.2 Å². The number of aliphatic hydroxyl groups is 5. The number of carbonyl (C=O) groups is 4. The first-order valence-electron chi connectivity index (χ1n) is 6.45. The van der Waals surface area contributed by atoms with Gasteiger partial charge in [-0.1, -0.05) is 0 Å². The molecule has 0 aromatic heterocycles. The van der Waals surface area contributed by atoms with Crippen molar-refractivity contribution < 1.29 is 59.7 Å². The van der Waals surface area contributed by atoms with Gasteiger partial charge in [0.1, 0.15) is 18.3 Å². The molecular formula is C12H18O12. The molecule has 0 spiro atoms. The van der Waals surface area contributed by atoms with E-state index >= 15 is 0 Å². The van der Waals surface area contributed by atoms with Gasteiger partial charge in [-0.3, -0.25) is 14.4 Å². The van der Waals surface area contributed by atoms with E-state index in [1.54, 1.807) is 0 Å². The summed E-state index contributed by atoms with van der Waals surface area (Å²) in [7, 11) is 0. The fourth-order valence-electron chi connectivity index (χ4n) is 1.50. The molecular weight excluding hydrogens is 336 g/mol. The highest BCUT2D eigenvalue weighted by Gasteiger charge is 2.41. The molecule has 0 fully saturated rings. The second-order valence-electron chi connectivity index (χ2n) is 4.90. The lowest BCUT2D eigenvalue weighted by atomic mass is 9.96. The Hall–Kier alpha value is -2.12. The van der Waals surface area contributed by atoms with Gasteiger partial charge in [-0.15, -0.1) is 0 Å². The Balaban J connectivity index is 4.65. The number of aliphatic carboxylic acids is 2. The fraction of sp³-hybridized carbons (Fsp3) is 0.667. The Bertz CT molecular complexity index is 488. The molecule has 0 saturated carbocycles. The van der Waals surface area contributed by atoms with E-state index < -0.39 is 73.7 Å². The first-order valence-corrected chi connectivity index (χ1v) is 6.45. The normalized spacial score (nSPS) is 17.2. The maximum Gasteiger partial charge on any atom is 0.336 e. The molecule has 4 atom stereocenters. The first-order chi connectivity index (χ1) is 10.9. The molecule has 0 aliphatic carbocycles. The topological polar surface area (TPSA) is 219 Å². The van der Waals surface area contributed by atoms with Crippen molar-refractivity contribution in [2.24, 2.45) is 0 Å². The van der Waals surface area contributed by atoms with E-state index in [-0.39, 0.29) is 0 Å². The van der Waals surface area contributed by atoms with Crippen molar-refractivity contribution >= 4 is 23.7 Å². The van der Waals surface area contributed by atoms with Crippen LogP contribution in [-0.4, -0.2) is 96.6 Å². The lowest BCUT2D eigenvalue weighted by Gasteiger charge is -2.21. The highest BCUT2D eigenvalue weighted by Crippen LogP contribution is 2.17. The summed E-state index contributed by atoms with van der Waals surface area (Å²) in [6.45, 7) is -2.09. The number of aliphatic hydroxyl groups excluding tert-OH is 4. The summed E-state index contributed by atoms with van der Waals surface area (Å²) < 4.78 is 4.30. The smallest absolute Gasteiger partial charge is 0.336 e. The number of Topliss-reactive ketones (excluding diaryl/α,β-unsaturated/α-hetero) is 1. The highest BCUT2D eigenvalue weighted by atomic mass is 16.5. The van der Waals surface area contributed by atoms with E-state index in [0.717, 1.165) is 0 Å². The number of carboxylic acid groups (broad SMARTS) is 2. The summed E-state index contributed by atoms with van der Waals surface area (Å²) >= 11 is 0. The minimum absolute atomic E-state index is 0.952. The van der Waals surface area contributed by atoms with Gasteiger partial charge in [0.15, 0.2) is 12.2 Å². The first kappa shape index (κ1) is 21.9. The molecule has 0 amide bonds. The Morgan fingerprint density at radius 3 is 1.96 bits per heavy atom. The lowest BCUT2D eigenvalue weighted by Crippen LogP contribution is -2.46. The summed E-state index contributed by atoms with van der Waals surface area (Å²) in [5.41, 5.74) is -2.95. The summed E-state index contributed by atoms with van der Waals surface area (Å²) in [4.78, 5) is 44.2. The van der Waals surface area contributed by atoms with Gasteiger partial charge >= 0.3 is 17.9 Å². The summed E-state index contributed by atoms with van der Waals surface area (Å²) in [6, 6.07) is 0. The Morgan fingerprint density at radius 2 is 1.54 bits per heavy atom. The van der Waals surface area contributed by atoms with Crippen LogP contribution >= 0.6 is 0 Å². The van der Waals surface area contributed by atoms with Crippen LogP contribution in [0.4, 0.5) is 0 Å². The van der Waals surface area contributed by atoms with E-state index in [1.165, 1.54) is 0 Å². The Labute approximate surface area is 134 Å². The molecule has 12 nitrogen and oxygen atoms in total. The van der Waals surface area contributed by atoms with Gasteiger partial charge in [0, 0.05) is 0 Å². The average Bonchev–Trinajstić information content (AvgIpc) is 2.49. The van der Waals surface area contributed by atoms with Crippen LogP contribution in [0.1, 0.15) is 12.8 Å². The van der Waals surface area contributed by atoms with Crippen molar-refractivity contribution in [3.05, 3.63) is 0 Å². The molecule has 0 aliphatic rings. The molecule has 0 bridgehead atoms. The predicted molar refractivity (Wildman–Crippen MR) is 70.5 cm³/mol. The SMILES string of the molecule is O=C(O)CC(O)(CC(=O)OCC(=O)[C@@H](O)[C@@H](O)[C@H](O)CO)C(=O)O. The van der Waals surface area contributed by atoms with Gasteiger partial charge in [-0.25, -0.2) is 4.79 Å². The number of ether oxygens (including phenoxy) is 1. The Kier molecular flexibility index (Phi) is 8.43. The third kappa shape index (κ3) is 6.55. The van der Waals surface area contributed by atoms with Gasteiger partial charge in [-0.05, 0) is 0 Å². The van der Waals surface area contributed by atoms with E-state index in [0.29, 0.717) is 0 Å². The van der Waals surface area contributed by atoms with Crippen LogP contribution in [0, 0.1) is 0 Å². The van der Waals surface area contributed by atoms with Crippen molar-refractivity contribution in [1.29, 1.82) is 0 Å². The number of ketones is 1. The predicted octanol–water partition coefficient (Wildman–Crippen LogP) is -4.15. The van der Waals surface area contributed by atoms with Gasteiger partial charge in [0.25, 0.3) is 0 Å². The maximum absolute atomic E-state index is 11.4. The van der Waals surface area contributed by atoms with Crippen LogP contribution in [0.15, 0.2) is 0 Å². The van der Waals surface area contributed by atoms with Crippen molar-refractivity contribution in [3.63, 3.8) is 0 Å². The maximum atomic E-state index is 11.4. The number of rotatable bonds is 11. The third-order valence-corrected chi connectivity index (χ3v) is 2.89. The van der Waals surface area contributed by atoms with Crippen LogP contribution in [-0.2, 0) is 23.9 Å². The van der Waals surface area contributed by atoms with E-state index in [1.807, 2.05) is 0 Å². The number of hydrogen-bond acceptors (Lipinski definition) is 10. The summed E-state index contributed by atoms with van der Waals surface area (Å²) in [5.74, 6) is -6.41. The number of carbonyl (C=O) groups excluding carboxylic acids is 2. The van der Waals surface area contributed by atoms with Crippen LogP contribution in [0.25, 0.3) is 0 Å². The van der Waals surface area contributed by atoms with Crippen LogP contribution in [0.2, 0.25) is 0 Å². The van der Waals surface area contributed by atoms with E-state index in [9.17, 15) is 34.5 Å². The molecule has 24 heavy (non-hydrogen) atoms. The second-order valence-corrected chi connectivity index (χ2v) is 4.90. The molecule has 0 rings (SSSR count). The van der Waals surface area contributed by atoms with E-state index in [4.69, 9.17) is 20.4 Å². The number of esters is 1. The molecule has 0 aliphatic heterocycles. The molecule has 0 saturated heterocycles. The molecule has 0 aromatic carbocycles. The van der Waals surface area contributed by atoms with Crippen molar-refractivity contribution in [3.8, 4) is 0 Å². The zero-order valence-corrected chi connectivity index (χ0v) is 12.2. The number of carboxylic acids is 2. The molecule has 138 valence electrons. The minimum Gasteiger partial charge on any atom is -0.481 e. The van der Waals surface area contributed by atoms with Crippen LogP contribution < -0.4 is 0 Å². The molecule has 12 heteroatoms. The second kappa shape index (κ2) is 9.24. The van der Waals surface area contributed by atoms with E-state index in [2.05, 4.69) is 4.74 Å². The number of hydrogen-bond donors (Lipinski definition) is 7. The van der Waals surface area contributed by atoms with Crippen LogP contribution in [0.3, 0.4) is 0 Å². The molecule has 7 N–H and O–H groups in total. The lowest BCUT2D eigenvalue weighted by molar-refractivity contribution is -0.173. The van der Waals surface area contributed by atoms with Crippen molar-refractivity contribution in [1.82, 2.24) is 0 Å². The van der Waals surface area contributed by atoms with Crippen molar-refractivity contribution in [2.45, 2.75) is 36.8 Å². The largest absolute Gasteiger partial charge is 0.481 e. The molecule has 1 unspecified atom stereocenters. The molecule has 0 aromatic rings. The monoisotopic (exact) mass is 354 g/mol. The van der Waals surface area contributed by atoms with Crippen LogP contribution in [0.5, 0.6) is 0 Å². The van der Waals surface area contributed by atoms with Gasteiger partial charge in [0.2, 0.25) is 5.78 Å².